The van der Waals surface area contributed by atoms with Gasteiger partial charge in [-0.05, 0) is 24.1 Å². The molecule has 0 fully saturated rings. The van der Waals surface area contributed by atoms with E-state index in [9.17, 15) is 4.39 Å². The molecule has 5 heteroatoms. The number of hydrazone groups is 1. The van der Waals surface area contributed by atoms with Crippen molar-refractivity contribution in [1.29, 1.82) is 0 Å². The van der Waals surface area contributed by atoms with Crippen LogP contribution in [-0.4, -0.2) is 41.7 Å². The molecule has 0 spiro atoms. The Morgan fingerprint density at radius 3 is 3.16 bits per heavy atom. The highest BCUT2D eigenvalue weighted by Gasteiger charge is 2.36. The summed E-state index contributed by atoms with van der Waals surface area (Å²) in [6.07, 6.45) is 10.8. The number of rotatable bonds is 2. The molecule has 0 bridgehead atoms. The van der Waals surface area contributed by atoms with E-state index in [4.69, 9.17) is 0 Å². The van der Waals surface area contributed by atoms with Gasteiger partial charge in [0.1, 0.15) is 12.0 Å². The Morgan fingerprint density at radius 1 is 1.53 bits per heavy atom. The van der Waals surface area contributed by atoms with Gasteiger partial charge in [-0.1, -0.05) is 12.7 Å². The molecule has 2 aliphatic heterocycles. The van der Waals surface area contributed by atoms with Crippen LogP contribution in [0.25, 0.3) is 0 Å². The van der Waals surface area contributed by atoms with E-state index in [0.29, 0.717) is 6.42 Å². The Bertz CT molecular complexity index is 556. The standard InChI is InChI=1S/C14H15FN4/c1-3-10-6-12(15)4-5-13(10)19-14-11(8-17-19)7-16-9-18(14)2/h3-4,6-9,13-14H,1,5H2,2H3. The first-order valence-electron chi connectivity index (χ1n) is 6.18. The van der Waals surface area contributed by atoms with Crippen molar-refractivity contribution in [2.24, 2.45) is 10.1 Å². The largest absolute Gasteiger partial charge is 0.340 e. The summed E-state index contributed by atoms with van der Waals surface area (Å²) in [4.78, 5) is 6.14. The molecule has 4 nitrogen and oxygen atoms in total. The van der Waals surface area contributed by atoms with E-state index in [-0.39, 0.29) is 18.0 Å². The van der Waals surface area contributed by atoms with Crippen LogP contribution in [0.5, 0.6) is 0 Å². The first-order chi connectivity index (χ1) is 9.20. The molecular formula is C14H15FN4. The first kappa shape index (κ1) is 11.9. The molecule has 98 valence electrons. The van der Waals surface area contributed by atoms with Gasteiger partial charge in [0.25, 0.3) is 0 Å². The molecule has 0 radical (unpaired) electrons. The van der Waals surface area contributed by atoms with Crippen molar-refractivity contribution >= 4 is 12.6 Å². The predicted molar refractivity (Wildman–Crippen MR) is 74.3 cm³/mol. The fourth-order valence-electron chi connectivity index (χ4n) is 2.61. The van der Waals surface area contributed by atoms with Gasteiger partial charge in [0.2, 0.25) is 0 Å². The zero-order valence-electron chi connectivity index (χ0n) is 10.7. The molecule has 3 rings (SSSR count). The van der Waals surface area contributed by atoms with Crippen molar-refractivity contribution in [2.45, 2.75) is 18.6 Å². The zero-order valence-corrected chi connectivity index (χ0v) is 10.7. The van der Waals surface area contributed by atoms with Gasteiger partial charge in [-0.3, -0.25) is 5.01 Å². The van der Waals surface area contributed by atoms with Crippen LogP contribution in [0.2, 0.25) is 0 Å². The second-order valence-corrected chi connectivity index (χ2v) is 4.75. The van der Waals surface area contributed by atoms with E-state index >= 15 is 0 Å². The number of halogens is 1. The number of nitrogens with zero attached hydrogens (tertiary/aromatic N) is 4. The molecular weight excluding hydrogens is 243 g/mol. The Kier molecular flexibility index (Phi) is 2.81. The minimum atomic E-state index is -0.205. The van der Waals surface area contributed by atoms with Gasteiger partial charge in [0.05, 0.1) is 18.6 Å². The predicted octanol–water partition coefficient (Wildman–Crippen LogP) is 2.21. The van der Waals surface area contributed by atoms with E-state index < -0.39 is 0 Å². The summed E-state index contributed by atoms with van der Waals surface area (Å²) in [5.74, 6) is -0.205. The lowest BCUT2D eigenvalue weighted by Crippen LogP contribution is -2.48. The summed E-state index contributed by atoms with van der Waals surface area (Å²) in [6, 6.07) is 0.0121. The fourth-order valence-corrected chi connectivity index (χ4v) is 2.61. The molecule has 0 aromatic carbocycles. The third-order valence-electron chi connectivity index (χ3n) is 3.53. The number of allylic oxidation sites excluding steroid dienone is 2. The highest BCUT2D eigenvalue weighted by atomic mass is 19.1. The van der Waals surface area contributed by atoms with Crippen molar-refractivity contribution in [3.63, 3.8) is 0 Å². The van der Waals surface area contributed by atoms with Gasteiger partial charge in [-0.25, -0.2) is 9.38 Å². The lowest BCUT2D eigenvalue weighted by atomic mass is 9.97. The summed E-state index contributed by atoms with van der Waals surface area (Å²) in [5.41, 5.74) is 1.90. The highest BCUT2D eigenvalue weighted by molar-refractivity contribution is 5.84. The molecule has 0 aromatic heterocycles. The van der Waals surface area contributed by atoms with Crippen LogP contribution in [0.15, 0.2) is 58.1 Å². The molecule has 0 aromatic rings. The summed E-state index contributed by atoms with van der Waals surface area (Å²) in [7, 11) is 1.96. The average Bonchev–Trinajstić information content (AvgIpc) is 2.84. The molecule has 2 atom stereocenters. The van der Waals surface area contributed by atoms with Gasteiger partial charge in [0, 0.05) is 18.8 Å². The Labute approximate surface area is 111 Å². The number of hydrogen-bond acceptors (Lipinski definition) is 4. The van der Waals surface area contributed by atoms with Crippen LogP contribution in [0.3, 0.4) is 0 Å². The Balaban J connectivity index is 1.90. The lowest BCUT2D eigenvalue weighted by molar-refractivity contribution is 0.124. The van der Waals surface area contributed by atoms with E-state index in [1.54, 1.807) is 18.5 Å². The van der Waals surface area contributed by atoms with Crippen molar-refractivity contribution in [3.8, 4) is 0 Å². The molecule has 3 aliphatic rings. The van der Waals surface area contributed by atoms with Gasteiger partial charge in [-0.15, -0.1) is 0 Å². The topological polar surface area (TPSA) is 31.2 Å². The average molecular weight is 258 g/mol. The number of fused-ring (bicyclic) bond motifs is 1. The molecule has 0 N–H and O–H groups in total. The summed E-state index contributed by atoms with van der Waals surface area (Å²) >= 11 is 0. The van der Waals surface area contributed by atoms with Gasteiger partial charge in [-0.2, -0.15) is 5.10 Å². The summed E-state index contributed by atoms with van der Waals surface area (Å²) < 4.78 is 13.3. The summed E-state index contributed by atoms with van der Waals surface area (Å²) in [5, 5.41) is 6.44. The van der Waals surface area contributed by atoms with Crippen LogP contribution in [0.4, 0.5) is 4.39 Å². The lowest BCUT2D eigenvalue weighted by Gasteiger charge is -2.38. The van der Waals surface area contributed by atoms with Gasteiger partial charge < -0.3 is 4.90 Å². The molecule has 0 saturated carbocycles. The van der Waals surface area contributed by atoms with Gasteiger partial charge in [0.15, 0.2) is 0 Å². The quantitative estimate of drug-likeness (QED) is 0.760. The second kappa shape index (κ2) is 4.50. The van der Waals surface area contributed by atoms with Crippen LogP contribution < -0.4 is 0 Å². The fraction of sp³-hybridized carbons (Fsp3) is 0.286. The highest BCUT2D eigenvalue weighted by Crippen LogP contribution is 2.31. The monoisotopic (exact) mass is 258 g/mol. The molecule has 1 aliphatic carbocycles. The van der Waals surface area contributed by atoms with Crippen LogP contribution >= 0.6 is 0 Å². The van der Waals surface area contributed by atoms with E-state index in [2.05, 4.69) is 16.7 Å². The third-order valence-corrected chi connectivity index (χ3v) is 3.53. The Morgan fingerprint density at radius 2 is 2.37 bits per heavy atom. The number of likely N-dealkylation sites (N-methyl/N-ethyl adjacent to an activating group) is 1. The molecule has 0 amide bonds. The van der Waals surface area contributed by atoms with E-state index in [1.165, 1.54) is 6.08 Å². The molecule has 19 heavy (non-hydrogen) atoms. The zero-order chi connectivity index (χ0) is 13.4. The second-order valence-electron chi connectivity index (χ2n) is 4.75. The maximum absolute atomic E-state index is 13.3. The van der Waals surface area contributed by atoms with E-state index in [1.807, 2.05) is 29.4 Å². The van der Waals surface area contributed by atoms with Crippen LogP contribution in [0.1, 0.15) is 6.42 Å². The maximum Gasteiger partial charge on any atom is 0.148 e. The molecule has 2 unspecified atom stereocenters. The van der Waals surface area contributed by atoms with Crippen LogP contribution in [0, 0.1) is 0 Å². The third kappa shape index (κ3) is 1.91. The Hall–Kier alpha value is -2.17. The van der Waals surface area contributed by atoms with Crippen molar-refractivity contribution in [1.82, 2.24) is 9.91 Å². The van der Waals surface area contributed by atoms with Gasteiger partial charge >= 0.3 is 0 Å². The van der Waals surface area contributed by atoms with Crippen molar-refractivity contribution in [2.75, 3.05) is 7.05 Å². The summed E-state index contributed by atoms with van der Waals surface area (Å²) in [6.45, 7) is 3.77. The minimum absolute atomic E-state index is 0.0121. The van der Waals surface area contributed by atoms with Crippen molar-refractivity contribution in [3.05, 3.63) is 48.0 Å². The minimum Gasteiger partial charge on any atom is -0.340 e. The normalized spacial score (nSPS) is 28.8. The van der Waals surface area contributed by atoms with Crippen molar-refractivity contribution < 1.29 is 4.39 Å². The maximum atomic E-state index is 13.3. The number of hydrogen-bond donors (Lipinski definition) is 0. The number of aliphatic imine (C=N–C) groups is 1. The first-order valence-corrected chi connectivity index (χ1v) is 6.18. The molecule has 0 saturated heterocycles. The van der Waals surface area contributed by atoms with E-state index in [0.717, 1.165) is 11.1 Å². The SMILES string of the molecule is C=CC1=CC(F)=CCC1N1N=CC2=CN=CN(C)C21. The molecule has 2 heterocycles. The van der Waals surface area contributed by atoms with Crippen LogP contribution in [-0.2, 0) is 0 Å². The smallest absolute Gasteiger partial charge is 0.148 e.